The van der Waals surface area contributed by atoms with Gasteiger partial charge in [0.1, 0.15) is 11.4 Å². The zero-order valence-corrected chi connectivity index (χ0v) is 20.0. The first kappa shape index (κ1) is 24.8. The largest absolute Gasteiger partial charge is 0.444 e. The Kier molecular flexibility index (Phi) is 8.22. The number of carbonyl (C=O) groups excluding carboxylic acids is 3. The molecule has 172 valence electrons. The van der Waals surface area contributed by atoms with Gasteiger partial charge in [-0.2, -0.15) is 0 Å². The number of piperazine rings is 1. The smallest absolute Gasteiger partial charge is 0.413 e. The van der Waals surface area contributed by atoms with Crippen molar-refractivity contribution in [3.05, 3.63) is 29.8 Å². The summed E-state index contributed by atoms with van der Waals surface area (Å²) in [5.74, 6) is 0.958. The molecule has 0 spiro atoms. The molecule has 9 heteroatoms. The number of ether oxygens (including phenoxy) is 2. The standard InChI is InChI=1S/C22H33N3O5S/c1-21(2,3)23-18(26)29-17-9-7-16(8-10-17)15-31-20(28)25-13-11-24(12-14-25)19(27)30-22(4,5)6/h7-10H,11-15H2,1-6H3,(H,23,26). The van der Waals surface area contributed by atoms with E-state index in [0.717, 1.165) is 5.56 Å². The van der Waals surface area contributed by atoms with E-state index in [1.165, 1.54) is 11.8 Å². The van der Waals surface area contributed by atoms with Crippen molar-refractivity contribution in [3.63, 3.8) is 0 Å². The first-order valence-electron chi connectivity index (χ1n) is 10.3. The third-order valence-electron chi connectivity index (χ3n) is 4.16. The maximum absolute atomic E-state index is 12.5. The van der Waals surface area contributed by atoms with Crippen molar-refractivity contribution in [1.29, 1.82) is 0 Å². The normalized spacial score (nSPS) is 14.8. The van der Waals surface area contributed by atoms with Gasteiger partial charge in [0.15, 0.2) is 0 Å². The lowest BCUT2D eigenvalue weighted by Crippen LogP contribution is -2.50. The molecule has 1 heterocycles. The second-order valence-corrected chi connectivity index (χ2v) is 10.3. The molecule has 31 heavy (non-hydrogen) atoms. The van der Waals surface area contributed by atoms with Gasteiger partial charge in [0.2, 0.25) is 0 Å². The number of carbonyl (C=O) groups is 3. The second kappa shape index (κ2) is 10.3. The van der Waals surface area contributed by atoms with Crippen LogP contribution in [-0.2, 0) is 10.5 Å². The Hall–Kier alpha value is -2.42. The summed E-state index contributed by atoms with van der Waals surface area (Å²) in [7, 11) is 0. The lowest BCUT2D eigenvalue weighted by atomic mass is 10.1. The molecule has 0 bridgehead atoms. The first-order chi connectivity index (χ1) is 14.3. The molecule has 0 aliphatic carbocycles. The molecule has 1 aromatic rings. The first-order valence-corrected chi connectivity index (χ1v) is 11.3. The summed E-state index contributed by atoms with van der Waals surface area (Å²) in [6.07, 6.45) is -0.846. The highest BCUT2D eigenvalue weighted by Crippen LogP contribution is 2.21. The van der Waals surface area contributed by atoms with Crippen LogP contribution in [0.5, 0.6) is 5.75 Å². The predicted molar refractivity (Wildman–Crippen MR) is 121 cm³/mol. The van der Waals surface area contributed by atoms with Crippen LogP contribution < -0.4 is 10.1 Å². The van der Waals surface area contributed by atoms with Gasteiger partial charge in [-0.15, -0.1) is 0 Å². The van der Waals surface area contributed by atoms with Gasteiger partial charge in [0.25, 0.3) is 5.24 Å². The van der Waals surface area contributed by atoms with Gasteiger partial charge in [-0.1, -0.05) is 23.9 Å². The number of rotatable bonds is 3. The van der Waals surface area contributed by atoms with Crippen LogP contribution in [0.4, 0.5) is 14.4 Å². The van der Waals surface area contributed by atoms with Crippen molar-refractivity contribution in [2.24, 2.45) is 0 Å². The maximum atomic E-state index is 12.5. The average Bonchev–Trinajstić information content (AvgIpc) is 2.64. The molecule has 1 N–H and O–H groups in total. The fourth-order valence-corrected chi connectivity index (χ4v) is 3.57. The quantitative estimate of drug-likeness (QED) is 0.729. The molecule has 1 fully saturated rings. The van der Waals surface area contributed by atoms with Crippen LogP contribution in [0.25, 0.3) is 0 Å². The lowest BCUT2D eigenvalue weighted by molar-refractivity contribution is 0.0177. The zero-order valence-electron chi connectivity index (χ0n) is 19.2. The molecule has 1 aromatic carbocycles. The fraction of sp³-hybridized carbons (Fsp3) is 0.591. The van der Waals surface area contributed by atoms with Gasteiger partial charge in [-0.25, -0.2) is 9.59 Å². The molecule has 2 rings (SSSR count). The molecule has 0 saturated carbocycles. The lowest BCUT2D eigenvalue weighted by Gasteiger charge is -2.35. The summed E-state index contributed by atoms with van der Waals surface area (Å²) in [6.45, 7) is 13.0. The molecule has 1 saturated heterocycles. The molecule has 0 unspecified atom stereocenters. The number of hydrogen-bond donors (Lipinski definition) is 1. The Morgan fingerprint density at radius 2 is 1.48 bits per heavy atom. The fourth-order valence-electron chi connectivity index (χ4n) is 2.73. The highest BCUT2D eigenvalue weighted by atomic mass is 32.2. The van der Waals surface area contributed by atoms with Crippen LogP contribution in [0.3, 0.4) is 0 Å². The van der Waals surface area contributed by atoms with E-state index in [9.17, 15) is 14.4 Å². The Morgan fingerprint density at radius 3 is 2.00 bits per heavy atom. The molecule has 1 aliphatic heterocycles. The van der Waals surface area contributed by atoms with Crippen molar-refractivity contribution in [1.82, 2.24) is 15.1 Å². The summed E-state index contributed by atoms with van der Waals surface area (Å²) in [5, 5.41) is 2.71. The van der Waals surface area contributed by atoms with Crippen molar-refractivity contribution < 1.29 is 23.9 Å². The number of nitrogens with zero attached hydrogens (tertiary/aromatic N) is 2. The molecule has 8 nitrogen and oxygen atoms in total. The third kappa shape index (κ3) is 9.08. The van der Waals surface area contributed by atoms with E-state index < -0.39 is 11.7 Å². The molecule has 0 aromatic heterocycles. The number of benzene rings is 1. The van der Waals surface area contributed by atoms with Crippen molar-refractivity contribution in [2.75, 3.05) is 26.2 Å². The topological polar surface area (TPSA) is 88.2 Å². The highest BCUT2D eigenvalue weighted by Gasteiger charge is 2.27. The summed E-state index contributed by atoms with van der Waals surface area (Å²) < 4.78 is 10.6. The number of hydrogen-bond acceptors (Lipinski definition) is 6. The van der Waals surface area contributed by atoms with Gasteiger partial charge < -0.3 is 24.6 Å². The van der Waals surface area contributed by atoms with Crippen molar-refractivity contribution in [3.8, 4) is 5.75 Å². The van der Waals surface area contributed by atoms with Crippen molar-refractivity contribution >= 4 is 29.2 Å². The highest BCUT2D eigenvalue weighted by molar-refractivity contribution is 8.12. The zero-order chi connectivity index (χ0) is 23.2. The van der Waals surface area contributed by atoms with Crippen LogP contribution in [0.15, 0.2) is 24.3 Å². The minimum Gasteiger partial charge on any atom is -0.444 e. The van der Waals surface area contributed by atoms with Crippen LogP contribution in [-0.4, -0.2) is 64.5 Å². The number of amides is 3. The molecule has 3 amide bonds. The van der Waals surface area contributed by atoms with E-state index >= 15 is 0 Å². The Balaban J connectivity index is 1.75. The average molecular weight is 452 g/mol. The van der Waals surface area contributed by atoms with Crippen LogP contribution in [0.1, 0.15) is 47.1 Å². The second-order valence-electron chi connectivity index (χ2n) is 9.42. The van der Waals surface area contributed by atoms with Gasteiger partial charge in [0, 0.05) is 37.5 Å². The van der Waals surface area contributed by atoms with E-state index in [2.05, 4.69) is 5.32 Å². The predicted octanol–water partition coefficient (Wildman–Crippen LogP) is 4.48. The number of nitrogens with one attached hydrogen (secondary N) is 1. The summed E-state index contributed by atoms with van der Waals surface area (Å²) >= 11 is 1.22. The Morgan fingerprint density at radius 1 is 0.935 bits per heavy atom. The summed E-state index contributed by atoms with van der Waals surface area (Å²) in [5.41, 5.74) is 0.0536. The van der Waals surface area contributed by atoms with Gasteiger partial charge >= 0.3 is 12.2 Å². The van der Waals surface area contributed by atoms with Gasteiger partial charge in [-0.3, -0.25) is 4.79 Å². The monoisotopic (exact) mass is 451 g/mol. The van der Waals surface area contributed by atoms with Crippen LogP contribution >= 0.6 is 11.8 Å². The van der Waals surface area contributed by atoms with E-state index in [1.807, 2.05) is 53.7 Å². The molecule has 0 atom stereocenters. The molecule has 0 radical (unpaired) electrons. The third-order valence-corrected chi connectivity index (χ3v) is 5.15. The number of thioether (sulfide) groups is 1. The van der Waals surface area contributed by atoms with E-state index in [0.29, 0.717) is 37.7 Å². The SMILES string of the molecule is CC(C)(C)NC(=O)Oc1ccc(CSC(=O)N2CCN(C(=O)OC(C)(C)C)CC2)cc1. The minimum absolute atomic E-state index is 0.0197. The Labute approximate surface area is 188 Å². The van der Waals surface area contributed by atoms with Crippen molar-refractivity contribution in [2.45, 2.75) is 58.4 Å². The summed E-state index contributed by atoms with van der Waals surface area (Å²) in [6, 6.07) is 7.09. The van der Waals surface area contributed by atoms with Gasteiger partial charge in [0.05, 0.1) is 0 Å². The minimum atomic E-state index is -0.531. The van der Waals surface area contributed by atoms with E-state index in [4.69, 9.17) is 9.47 Å². The molecule has 1 aliphatic rings. The van der Waals surface area contributed by atoms with Crippen LogP contribution in [0, 0.1) is 0 Å². The van der Waals surface area contributed by atoms with E-state index in [-0.39, 0.29) is 16.9 Å². The molecular weight excluding hydrogens is 418 g/mol. The maximum Gasteiger partial charge on any atom is 0.413 e. The van der Waals surface area contributed by atoms with Gasteiger partial charge in [-0.05, 0) is 59.2 Å². The molecular formula is C22H33N3O5S. The summed E-state index contributed by atoms with van der Waals surface area (Å²) in [4.78, 5) is 39.8. The van der Waals surface area contributed by atoms with Crippen LogP contribution in [0.2, 0.25) is 0 Å². The Bertz CT molecular complexity index is 776. The van der Waals surface area contributed by atoms with E-state index in [1.54, 1.807) is 21.9 Å².